The van der Waals surface area contributed by atoms with Crippen molar-refractivity contribution in [3.05, 3.63) is 42.3 Å². The van der Waals surface area contributed by atoms with Gasteiger partial charge in [0.1, 0.15) is 17.3 Å². The lowest BCUT2D eigenvalue weighted by atomic mass is 10.0. The van der Waals surface area contributed by atoms with Gasteiger partial charge in [-0.1, -0.05) is 18.0 Å². The third-order valence-electron chi connectivity index (χ3n) is 5.21. The highest BCUT2D eigenvalue weighted by atomic mass is 32.2. The van der Waals surface area contributed by atoms with Crippen LogP contribution in [0, 0.1) is 17.7 Å². The molecule has 0 saturated heterocycles. The van der Waals surface area contributed by atoms with Gasteiger partial charge in [0, 0.05) is 23.3 Å². The normalized spacial score (nSPS) is 16.3. The van der Waals surface area contributed by atoms with Gasteiger partial charge in [-0.15, -0.1) is 0 Å². The van der Waals surface area contributed by atoms with Crippen LogP contribution in [-0.4, -0.2) is 21.6 Å². The number of hydrogen-bond donors (Lipinski definition) is 3. The number of aromatic nitrogens is 2. The monoisotopic (exact) mass is 396 g/mol. The van der Waals surface area contributed by atoms with E-state index in [4.69, 9.17) is 0 Å². The molecule has 2 aliphatic carbocycles. The molecule has 2 heterocycles. The summed E-state index contributed by atoms with van der Waals surface area (Å²) in [5.74, 6) is 2.10. The number of anilines is 2. The zero-order valence-corrected chi connectivity index (χ0v) is 16.1. The zero-order valence-electron chi connectivity index (χ0n) is 15.3. The number of hydrogen-bond acceptors (Lipinski definition) is 4. The maximum Gasteiger partial charge on any atom is 0.228 e. The molecule has 1 aromatic carbocycles. The average Bonchev–Trinajstić information content (AvgIpc) is 3.61. The van der Waals surface area contributed by atoms with Gasteiger partial charge in [-0.3, -0.25) is 4.79 Å². The maximum atomic E-state index is 14.7. The molecule has 0 bridgehead atoms. The Bertz CT molecular complexity index is 1040. The van der Waals surface area contributed by atoms with Gasteiger partial charge in [-0.2, -0.15) is 0 Å². The van der Waals surface area contributed by atoms with Crippen molar-refractivity contribution in [1.82, 2.24) is 9.97 Å². The summed E-state index contributed by atoms with van der Waals surface area (Å²) >= 11 is 1.56. The van der Waals surface area contributed by atoms with Crippen LogP contribution in [0.1, 0.15) is 25.7 Å². The molecular formula is C21H21FN4OS. The van der Waals surface area contributed by atoms with E-state index in [0.29, 0.717) is 17.2 Å². The smallest absolute Gasteiger partial charge is 0.228 e. The van der Waals surface area contributed by atoms with E-state index >= 15 is 0 Å². The molecule has 2 saturated carbocycles. The van der Waals surface area contributed by atoms with E-state index in [2.05, 4.69) is 20.0 Å². The standard InChI is InChI=1S/C21H21FN4OS/c22-17-9-14(5-6-18(17)26-28-11-12-1-2-12)16-10-19(25-21(27)13-3-4-13)24-20-15(16)7-8-23-20/h5-10,12-13,26H,1-4,11H2,(H2,23,24,25,27). The van der Waals surface area contributed by atoms with E-state index in [0.717, 1.165) is 41.0 Å². The van der Waals surface area contributed by atoms with Crippen molar-refractivity contribution in [2.24, 2.45) is 11.8 Å². The molecule has 2 aliphatic rings. The van der Waals surface area contributed by atoms with Gasteiger partial charge in [0.15, 0.2) is 0 Å². The fourth-order valence-electron chi connectivity index (χ4n) is 3.20. The predicted octanol–water partition coefficient (Wildman–Crippen LogP) is 5.19. The fourth-order valence-corrected chi connectivity index (χ4v) is 4.17. The summed E-state index contributed by atoms with van der Waals surface area (Å²) in [6.45, 7) is 0. The number of carbonyl (C=O) groups is 1. The Balaban J connectivity index is 1.42. The third kappa shape index (κ3) is 3.71. The lowest BCUT2D eigenvalue weighted by molar-refractivity contribution is -0.117. The molecule has 28 heavy (non-hydrogen) atoms. The molecule has 2 aromatic heterocycles. The molecule has 0 unspecified atom stereocenters. The van der Waals surface area contributed by atoms with Crippen LogP contribution in [0.25, 0.3) is 22.2 Å². The first-order chi connectivity index (χ1) is 13.7. The summed E-state index contributed by atoms with van der Waals surface area (Å²) in [7, 11) is 0. The molecule has 2 fully saturated rings. The molecule has 1 amide bonds. The predicted molar refractivity (Wildman–Crippen MR) is 112 cm³/mol. The summed E-state index contributed by atoms with van der Waals surface area (Å²) in [4.78, 5) is 19.7. The van der Waals surface area contributed by atoms with E-state index in [-0.39, 0.29) is 17.6 Å². The zero-order chi connectivity index (χ0) is 19.1. The van der Waals surface area contributed by atoms with Crippen LogP contribution in [0.5, 0.6) is 0 Å². The Kier molecular flexibility index (Phi) is 4.47. The van der Waals surface area contributed by atoms with Crippen LogP contribution in [-0.2, 0) is 4.79 Å². The van der Waals surface area contributed by atoms with Crippen LogP contribution in [0.15, 0.2) is 36.5 Å². The lowest BCUT2D eigenvalue weighted by Crippen LogP contribution is -2.14. The quantitative estimate of drug-likeness (QED) is 0.481. The summed E-state index contributed by atoms with van der Waals surface area (Å²) in [6.07, 6.45) is 6.23. The topological polar surface area (TPSA) is 69.8 Å². The Morgan fingerprint density at radius 1 is 1.21 bits per heavy atom. The van der Waals surface area contributed by atoms with Crippen molar-refractivity contribution in [3.63, 3.8) is 0 Å². The van der Waals surface area contributed by atoms with Crippen molar-refractivity contribution in [2.75, 3.05) is 15.8 Å². The van der Waals surface area contributed by atoms with E-state index in [1.165, 1.54) is 18.9 Å². The van der Waals surface area contributed by atoms with Gasteiger partial charge in [0.05, 0.1) is 5.69 Å². The minimum absolute atomic E-state index is 0.00257. The maximum absolute atomic E-state index is 14.7. The Hall–Kier alpha value is -2.54. The average molecular weight is 396 g/mol. The van der Waals surface area contributed by atoms with Gasteiger partial charge in [0.25, 0.3) is 0 Å². The highest BCUT2D eigenvalue weighted by Crippen LogP contribution is 2.35. The number of amides is 1. The van der Waals surface area contributed by atoms with Gasteiger partial charge in [-0.25, -0.2) is 9.37 Å². The second-order valence-electron chi connectivity index (χ2n) is 7.61. The lowest BCUT2D eigenvalue weighted by Gasteiger charge is -2.11. The fraction of sp³-hybridized carbons (Fsp3) is 0.333. The second kappa shape index (κ2) is 7.13. The van der Waals surface area contributed by atoms with Crippen LogP contribution < -0.4 is 10.0 Å². The van der Waals surface area contributed by atoms with E-state index < -0.39 is 0 Å². The van der Waals surface area contributed by atoms with Crippen molar-refractivity contribution in [1.29, 1.82) is 0 Å². The molecule has 0 radical (unpaired) electrons. The minimum atomic E-state index is -0.287. The van der Waals surface area contributed by atoms with Crippen molar-refractivity contribution in [2.45, 2.75) is 25.7 Å². The molecule has 3 N–H and O–H groups in total. The number of halogens is 1. The summed E-state index contributed by atoms with van der Waals surface area (Å²) in [5, 5.41) is 3.78. The number of nitrogens with one attached hydrogen (secondary N) is 3. The van der Waals surface area contributed by atoms with Gasteiger partial charge < -0.3 is 15.0 Å². The van der Waals surface area contributed by atoms with Gasteiger partial charge in [-0.05, 0) is 67.0 Å². The first-order valence-corrected chi connectivity index (χ1v) is 10.6. The molecule has 144 valence electrons. The molecule has 5 rings (SSSR count). The summed E-state index contributed by atoms with van der Waals surface area (Å²) in [6, 6.07) is 8.94. The number of fused-ring (bicyclic) bond motifs is 1. The molecule has 7 heteroatoms. The highest BCUT2D eigenvalue weighted by Gasteiger charge is 2.30. The Morgan fingerprint density at radius 2 is 2.07 bits per heavy atom. The highest BCUT2D eigenvalue weighted by molar-refractivity contribution is 8.00. The number of H-pyrrole nitrogens is 1. The number of rotatable bonds is 7. The SMILES string of the molecule is O=C(Nc1cc(-c2ccc(NSCC3CC3)c(F)c2)c2cc[nH]c2n1)C1CC1. The van der Waals surface area contributed by atoms with E-state index in [1.54, 1.807) is 24.2 Å². The summed E-state index contributed by atoms with van der Waals surface area (Å²) in [5.41, 5.74) is 2.76. The van der Waals surface area contributed by atoms with Crippen LogP contribution in [0.3, 0.4) is 0 Å². The van der Waals surface area contributed by atoms with Gasteiger partial charge in [0.2, 0.25) is 5.91 Å². The van der Waals surface area contributed by atoms with Crippen LogP contribution >= 0.6 is 11.9 Å². The van der Waals surface area contributed by atoms with Gasteiger partial charge >= 0.3 is 0 Å². The molecule has 0 aliphatic heterocycles. The second-order valence-corrected chi connectivity index (χ2v) is 8.44. The van der Waals surface area contributed by atoms with Crippen molar-refractivity contribution >= 4 is 40.4 Å². The molecule has 0 atom stereocenters. The Morgan fingerprint density at radius 3 is 2.82 bits per heavy atom. The minimum Gasteiger partial charge on any atom is -0.346 e. The first-order valence-electron chi connectivity index (χ1n) is 9.64. The Labute approximate surface area is 166 Å². The number of benzene rings is 1. The number of pyridine rings is 1. The van der Waals surface area contributed by atoms with Crippen LogP contribution in [0.2, 0.25) is 0 Å². The number of nitrogens with zero attached hydrogens (tertiary/aromatic N) is 1. The first kappa shape index (κ1) is 17.6. The molecular weight excluding hydrogens is 375 g/mol. The van der Waals surface area contributed by atoms with E-state index in [9.17, 15) is 9.18 Å². The molecule has 0 spiro atoms. The largest absolute Gasteiger partial charge is 0.346 e. The number of aromatic amines is 1. The summed E-state index contributed by atoms with van der Waals surface area (Å²) < 4.78 is 17.8. The van der Waals surface area contributed by atoms with Crippen molar-refractivity contribution < 1.29 is 9.18 Å². The van der Waals surface area contributed by atoms with Crippen molar-refractivity contribution in [3.8, 4) is 11.1 Å². The third-order valence-corrected chi connectivity index (χ3v) is 6.21. The molecule has 3 aromatic rings. The molecule has 5 nitrogen and oxygen atoms in total. The number of carbonyl (C=O) groups excluding carboxylic acids is 1. The van der Waals surface area contributed by atoms with E-state index in [1.807, 2.05) is 18.2 Å². The van der Waals surface area contributed by atoms with Crippen LogP contribution in [0.4, 0.5) is 15.9 Å².